The Bertz CT molecular complexity index is 1210. The zero-order chi connectivity index (χ0) is 27.0. The number of carbonyl (C=O) groups excluding carboxylic acids is 1. The monoisotopic (exact) mass is 568 g/mol. The molecular weight excluding hydrogens is 532 g/mol. The largest absolute Gasteiger partial charge is 0.491 e. The summed E-state index contributed by atoms with van der Waals surface area (Å²) in [7, 11) is 0. The second kappa shape index (κ2) is 13.4. The highest BCUT2D eigenvalue weighted by atomic mass is 32.2. The minimum atomic E-state index is -0.0369. The van der Waals surface area contributed by atoms with Gasteiger partial charge in [0.2, 0.25) is 16.2 Å². The molecular formula is C27H36N8O2S2. The summed E-state index contributed by atoms with van der Waals surface area (Å²) in [6.45, 7) is 8.74. The number of nitrogens with one attached hydrogen (secondary N) is 2. The third-order valence-electron chi connectivity index (χ3n) is 6.71. The van der Waals surface area contributed by atoms with Gasteiger partial charge >= 0.3 is 0 Å². The zero-order valence-corrected chi connectivity index (χ0v) is 24.1. The maximum Gasteiger partial charge on any atom is 0.236 e. The number of anilines is 3. The van der Waals surface area contributed by atoms with Gasteiger partial charge in [0.25, 0.3) is 0 Å². The van der Waals surface area contributed by atoms with E-state index in [2.05, 4.69) is 66.8 Å². The number of likely N-dealkylation sites (tertiary alicyclic amines) is 1. The van der Waals surface area contributed by atoms with E-state index in [1.54, 1.807) is 18.0 Å². The van der Waals surface area contributed by atoms with Crippen LogP contribution in [0.25, 0.3) is 0 Å². The van der Waals surface area contributed by atoms with E-state index in [1.165, 1.54) is 16.9 Å². The standard InChI is InChI=1S/C27H36N8O2S2/c1-19(2)37-23-9-4-3-7-20(23)15-34-13-6-8-22(17-34)38-18-25(36)30-27-33-32-26(39-27)29-21-11-14-35(16-21)24-10-5-12-28-31-24/h3-5,7,9-10,12,19,21-22H,6,8,11,13-18H2,1-2H3,(H,29,32)(H,30,33,36)/t21-,22?/m1/s1. The van der Waals surface area contributed by atoms with Gasteiger partial charge in [0.05, 0.1) is 11.9 Å². The second-order valence-electron chi connectivity index (χ2n) is 10.2. The Hall–Kier alpha value is -2.96. The van der Waals surface area contributed by atoms with Gasteiger partial charge in [0, 0.05) is 49.2 Å². The molecule has 0 saturated carbocycles. The lowest BCUT2D eigenvalue weighted by Crippen LogP contribution is -2.37. The van der Waals surface area contributed by atoms with Crippen LogP contribution in [-0.4, -0.2) is 80.5 Å². The predicted molar refractivity (Wildman–Crippen MR) is 158 cm³/mol. The van der Waals surface area contributed by atoms with Crippen molar-refractivity contribution in [3.05, 3.63) is 48.2 Å². The van der Waals surface area contributed by atoms with Crippen molar-refractivity contribution in [3.63, 3.8) is 0 Å². The number of hydrogen-bond acceptors (Lipinski definition) is 11. The minimum absolute atomic E-state index is 0.0369. The molecule has 2 aromatic heterocycles. The fourth-order valence-corrected chi connectivity index (χ4v) is 6.79. The minimum Gasteiger partial charge on any atom is -0.491 e. The summed E-state index contributed by atoms with van der Waals surface area (Å²) in [5.74, 6) is 2.22. The number of piperidine rings is 1. The van der Waals surface area contributed by atoms with Crippen LogP contribution in [0.1, 0.15) is 38.7 Å². The van der Waals surface area contributed by atoms with Crippen molar-refractivity contribution in [1.29, 1.82) is 0 Å². The maximum absolute atomic E-state index is 12.7. The molecule has 1 unspecified atom stereocenters. The van der Waals surface area contributed by atoms with Crippen LogP contribution in [0.2, 0.25) is 0 Å². The summed E-state index contributed by atoms with van der Waals surface area (Å²) in [5.41, 5.74) is 1.22. The van der Waals surface area contributed by atoms with Crippen LogP contribution in [0.4, 0.5) is 16.1 Å². The molecule has 2 aliphatic rings. The number of amides is 1. The number of carbonyl (C=O) groups is 1. The normalized spacial score (nSPS) is 19.8. The van der Waals surface area contributed by atoms with Crippen molar-refractivity contribution < 1.29 is 9.53 Å². The van der Waals surface area contributed by atoms with Crippen molar-refractivity contribution in [2.75, 3.05) is 47.5 Å². The maximum atomic E-state index is 12.7. The Labute approximate surface area is 237 Å². The lowest BCUT2D eigenvalue weighted by Gasteiger charge is -2.32. The van der Waals surface area contributed by atoms with Gasteiger partial charge in [-0.1, -0.05) is 29.5 Å². The van der Waals surface area contributed by atoms with Gasteiger partial charge < -0.3 is 15.0 Å². The van der Waals surface area contributed by atoms with Crippen LogP contribution in [0.5, 0.6) is 5.75 Å². The fraction of sp³-hybridized carbons (Fsp3) is 0.519. The number of thioether (sulfide) groups is 1. The van der Waals surface area contributed by atoms with Crippen LogP contribution in [0.15, 0.2) is 42.6 Å². The number of benzene rings is 1. The highest BCUT2D eigenvalue weighted by molar-refractivity contribution is 8.00. The van der Waals surface area contributed by atoms with E-state index in [9.17, 15) is 4.79 Å². The van der Waals surface area contributed by atoms with Gasteiger partial charge in [0.15, 0.2) is 5.82 Å². The molecule has 1 amide bonds. The van der Waals surface area contributed by atoms with E-state index in [1.807, 2.05) is 24.3 Å². The first kappa shape index (κ1) is 27.6. The third-order valence-corrected chi connectivity index (χ3v) is 8.77. The Kier molecular flexibility index (Phi) is 9.49. The number of ether oxygens (including phenoxy) is 1. The first-order chi connectivity index (χ1) is 19.0. The summed E-state index contributed by atoms with van der Waals surface area (Å²) >= 11 is 3.10. The summed E-state index contributed by atoms with van der Waals surface area (Å²) in [4.78, 5) is 17.3. The van der Waals surface area contributed by atoms with Crippen LogP contribution in [0, 0.1) is 0 Å². The molecule has 3 aromatic rings. The van der Waals surface area contributed by atoms with E-state index in [-0.39, 0.29) is 18.1 Å². The molecule has 12 heteroatoms. The molecule has 2 saturated heterocycles. The first-order valence-corrected chi connectivity index (χ1v) is 15.4. The fourth-order valence-electron chi connectivity index (χ4n) is 4.94. The average Bonchev–Trinajstić information content (AvgIpc) is 3.59. The molecule has 1 aromatic carbocycles. The molecule has 208 valence electrons. The number of aromatic nitrogens is 4. The summed E-state index contributed by atoms with van der Waals surface area (Å²) in [6.07, 6.45) is 5.06. The van der Waals surface area contributed by atoms with Gasteiger partial charge in [-0.3, -0.25) is 15.0 Å². The summed E-state index contributed by atoms with van der Waals surface area (Å²) < 4.78 is 6.00. The molecule has 0 spiro atoms. The highest BCUT2D eigenvalue weighted by Gasteiger charge is 2.25. The van der Waals surface area contributed by atoms with Crippen LogP contribution in [0.3, 0.4) is 0 Å². The average molecular weight is 569 g/mol. The molecule has 39 heavy (non-hydrogen) atoms. The van der Waals surface area contributed by atoms with E-state index in [0.29, 0.717) is 21.3 Å². The van der Waals surface area contributed by atoms with Crippen molar-refractivity contribution in [1.82, 2.24) is 25.3 Å². The quantitative estimate of drug-likeness (QED) is 0.350. The van der Waals surface area contributed by atoms with Gasteiger partial charge in [-0.15, -0.1) is 27.1 Å². The van der Waals surface area contributed by atoms with Gasteiger partial charge in [0.1, 0.15) is 5.75 Å². The summed E-state index contributed by atoms with van der Waals surface area (Å²) in [5, 5.41) is 24.6. The lowest BCUT2D eigenvalue weighted by atomic mass is 10.1. The number of para-hydroxylation sites is 1. The molecule has 2 aliphatic heterocycles. The van der Waals surface area contributed by atoms with Crippen molar-refractivity contribution in [3.8, 4) is 5.75 Å². The van der Waals surface area contributed by atoms with Crippen LogP contribution >= 0.6 is 23.1 Å². The van der Waals surface area contributed by atoms with E-state index < -0.39 is 0 Å². The Morgan fingerprint density at radius 2 is 1.97 bits per heavy atom. The second-order valence-corrected chi connectivity index (χ2v) is 12.5. The third kappa shape index (κ3) is 8.02. The number of nitrogens with zero attached hydrogens (tertiary/aromatic N) is 6. The predicted octanol–water partition coefficient (Wildman–Crippen LogP) is 4.14. The smallest absolute Gasteiger partial charge is 0.236 e. The molecule has 0 bridgehead atoms. The molecule has 10 nitrogen and oxygen atoms in total. The van der Waals surface area contributed by atoms with Crippen LogP contribution < -0.4 is 20.3 Å². The Morgan fingerprint density at radius 1 is 1.10 bits per heavy atom. The van der Waals surface area contributed by atoms with E-state index >= 15 is 0 Å². The molecule has 0 aliphatic carbocycles. The molecule has 2 atom stereocenters. The molecule has 2 N–H and O–H groups in total. The van der Waals surface area contributed by atoms with Crippen molar-refractivity contribution in [2.45, 2.75) is 57.1 Å². The van der Waals surface area contributed by atoms with Gasteiger partial charge in [-0.2, -0.15) is 5.10 Å². The van der Waals surface area contributed by atoms with Gasteiger partial charge in [-0.25, -0.2) is 0 Å². The van der Waals surface area contributed by atoms with E-state index in [4.69, 9.17) is 4.74 Å². The summed E-state index contributed by atoms with van der Waals surface area (Å²) in [6, 6.07) is 12.4. The number of rotatable bonds is 11. The first-order valence-electron chi connectivity index (χ1n) is 13.5. The Morgan fingerprint density at radius 3 is 2.82 bits per heavy atom. The highest BCUT2D eigenvalue weighted by Crippen LogP contribution is 2.28. The van der Waals surface area contributed by atoms with Crippen molar-refractivity contribution >= 4 is 45.1 Å². The number of hydrogen-bond donors (Lipinski definition) is 2. The lowest BCUT2D eigenvalue weighted by molar-refractivity contribution is -0.113. The zero-order valence-electron chi connectivity index (χ0n) is 22.5. The molecule has 5 rings (SSSR count). The Balaban J connectivity index is 1.04. The van der Waals surface area contributed by atoms with Gasteiger partial charge in [-0.05, 0) is 57.9 Å². The SMILES string of the molecule is CC(C)Oc1ccccc1CN1CCCC(SCC(=O)Nc2nnc(N[C@@H]3CCN(c4cccnn4)C3)s2)C1. The molecule has 2 fully saturated rings. The van der Waals surface area contributed by atoms with Crippen molar-refractivity contribution in [2.24, 2.45) is 0 Å². The molecule has 4 heterocycles. The topological polar surface area (TPSA) is 108 Å². The van der Waals surface area contributed by atoms with E-state index in [0.717, 1.165) is 63.6 Å². The molecule has 0 radical (unpaired) electrons. The van der Waals surface area contributed by atoms with Crippen LogP contribution in [-0.2, 0) is 11.3 Å².